The summed E-state index contributed by atoms with van der Waals surface area (Å²) in [7, 11) is 0. The van der Waals surface area contributed by atoms with Crippen molar-refractivity contribution < 1.29 is 23.6 Å². The number of hydrogen-bond donors (Lipinski definition) is 1. The van der Waals surface area contributed by atoms with Crippen LogP contribution in [0.5, 0.6) is 0 Å². The number of aromatic nitrogens is 1. The monoisotopic (exact) mass is 220 g/mol. The van der Waals surface area contributed by atoms with Gasteiger partial charge in [-0.25, -0.2) is 13.6 Å². The van der Waals surface area contributed by atoms with Gasteiger partial charge in [-0.3, -0.25) is 10.1 Å². The second-order valence-electron chi connectivity index (χ2n) is 2.69. The van der Waals surface area contributed by atoms with Crippen molar-refractivity contribution >= 4 is 11.7 Å². The number of carbonyl (C=O) groups is 1. The molecule has 0 amide bonds. The van der Waals surface area contributed by atoms with Crippen molar-refractivity contribution in [2.24, 2.45) is 0 Å². The molecule has 0 unspecified atom stereocenters. The Kier molecular flexibility index (Phi) is 2.98. The first kappa shape index (κ1) is 11.1. The van der Waals surface area contributed by atoms with Gasteiger partial charge in [-0.05, 0) is 0 Å². The highest BCUT2D eigenvalue weighted by molar-refractivity contribution is 5.86. The van der Waals surface area contributed by atoms with Crippen molar-refractivity contribution in [3.05, 3.63) is 28.1 Å². The maximum atomic E-state index is 12.0. The van der Waals surface area contributed by atoms with E-state index in [0.717, 1.165) is 12.3 Å². The number of carboxylic acids is 1. The van der Waals surface area contributed by atoms with Crippen LogP contribution < -0.4 is 0 Å². The summed E-state index contributed by atoms with van der Waals surface area (Å²) in [5, 5.41) is 18.9. The van der Waals surface area contributed by atoms with Gasteiger partial charge in [0.15, 0.2) is 0 Å². The minimum Gasteiger partial charge on any atom is -0.477 e. The predicted molar refractivity (Wildman–Crippen MR) is 44.0 cm³/mol. The standard InChI is InChI=1S/C7H6F2N2O4/c8-6(9)3-10-2-4(11(14)15)1-5(10)7(12)13/h1-2,6H,3H2,(H,12,13). The summed E-state index contributed by atoms with van der Waals surface area (Å²) < 4.78 is 24.6. The van der Waals surface area contributed by atoms with Crippen LogP contribution >= 0.6 is 0 Å². The maximum Gasteiger partial charge on any atom is 0.352 e. The first-order valence-electron chi connectivity index (χ1n) is 3.78. The molecule has 1 heterocycles. The smallest absolute Gasteiger partial charge is 0.352 e. The molecule has 6 nitrogen and oxygen atoms in total. The largest absolute Gasteiger partial charge is 0.477 e. The average molecular weight is 220 g/mol. The summed E-state index contributed by atoms with van der Waals surface area (Å²) >= 11 is 0. The fraction of sp³-hybridized carbons (Fsp3) is 0.286. The normalized spacial score (nSPS) is 10.6. The van der Waals surface area contributed by atoms with Gasteiger partial charge in [0, 0.05) is 6.07 Å². The molecule has 82 valence electrons. The van der Waals surface area contributed by atoms with E-state index >= 15 is 0 Å². The van der Waals surface area contributed by atoms with Gasteiger partial charge >= 0.3 is 5.97 Å². The number of hydrogen-bond acceptors (Lipinski definition) is 3. The van der Waals surface area contributed by atoms with Crippen LogP contribution in [-0.2, 0) is 6.54 Å². The molecule has 0 spiro atoms. The topological polar surface area (TPSA) is 85.4 Å². The predicted octanol–water partition coefficient (Wildman–Crippen LogP) is 1.36. The summed E-state index contributed by atoms with van der Waals surface area (Å²) in [4.78, 5) is 20.0. The minimum absolute atomic E-state index is 0.520. The Bertz CT molecular complexity index is 402. The first-order chi connectivity index (χ1) is 6.91. The minimum atomic E-state index is -2.77. The molecule has 0 aromatic carbocycles. The highest BCUT2D eigenvalue weighted by atomic mass is 19.3. The number of halogens is 2. The molecule has 0 saturated carbocycles. The van der Waals surface area contributed by atoms with Crippen molar-refractivity contribution in [3.63, 3.8) is 0 Å². The molecule has 0 aliphatic carbocycles. The number of carboxylic acid groups (broad SMARTS) is 1. The van der Waals surface area contributed by atoms with Crippen LogP contribution in [0.25, 0.3) is 0 Å². The molecule has 1 rings (SSSR count). The zero-order valence-corrected chi connectivity index (χ0v) is 7.26. The van der Waals surface area contributed by atoms with Gasteiger partial charge in [-0.1, -0.05) is 0 Å². The van der Waals surface area contributed by atoms with Crippen molar-refractivity contribution in [3.8, 4) is 0 Å². The van der Waals surface area contributed by atoms with Crippen molar-refractivity contribution in [2.45, 2.75) is 13.0 Å². The lowest BCUT2D eigenvalue weighted by Crippen LogP contribution is -2.12. The van der Waals surface area contributed by atoms with Gasteiger partial charge in [0.2, 0.25) is 0 Å². The van der Waals surface area contributed by atoms with Gasteiger partial charge in [0.25, 0.3) is 12.1 Å². The summed E-state index contributed by atoms with van der Waals surface area (Å²) in [6.07, 6.45) is -1.99. The zero-order chi connectivity index (χ0) is 11.6. The van der Waals surface area contributed by atoms with E-state index in [0.29, 0.717) is 4.57 Å². The average Bonchev–Trinajstić information content (AvgIpc) is 2.46. The van der Waals surface area contributed by atoms with Gasteiger partial charge in [-0.15, -0.1) is 0 Å². The molecule has 1 aromatic heterocycles. The SMILES string of the molecule is O=C(O)c1cc([N+](=O)[O-])cn1CC(F)F. The lowest BCUT2D eigenvalue weighted by molar-refractivity contribution is -0.384. The Morgan fingerprint density at radius 2 is 2.27 bits per heavy atom. The molecular weight excluding hydrogens is 214 g/mol. The number of nitrogens with zero attached hydrogens (tertiary/aromatic N) is 2. The van der Waals surface area contributed by atoms with E-state index in [9.17, 15) is 23.7 Å². The second kappa shape index (κ2) is 4.03. The Balaban J connectivity index is 3.11. The number of alkyl halides is 2. The quantitative estimate of drug-likeness (QED) is 0.613. The van der Waals surface area contributed by atoms with Crippen molar-refractivity contribution in [2.75, 3.05) is 0 Å². The second-order valence-corrected chi connectivity index (χ2v) is 2.69. The van der Waals surface area contributed by atoms with Gasteiger partial charge < -0.3 is 9.67 Å². The summed E-state index contributed by atoms with van der Waals surface area (Å²) in [6, 6.07) is 0.741. The first-order valence-corrected chi connectivity index (χ1v) is 3.78. The molecule has 1 aromatic rings. The third kappa shape index (κ3) is 2.48. The van der Waals surface area contributed by atoms with Crippen LogP contribution in [0, 0.1) is 10.1 Å². The van der Waals surface area contributed by atoms with Crippen molar-refractivity contribution in [1.82, 2.24) is 4.57 Å². The van der Waals surface area contributed by atoms with E-state index < -0.39 is 35.2 Å². The highest BCUT2D eigenvalue weighted by Crippen LogP contribution is 2.17. The third-order valence-electron chi connectivity index (χ3n) is 1.65. The molecule has 0 saturated heterocycles. The third-order valence-corrected chi connectivity index (χ3v) is 1.65. The molecule has 8 heteroatoms. The van der Waals surface area contributed by atoms with Crippen LogP contribution in [-0.4, -0.2) is 27.0 Å². The van der Waals surface area contributed by atoms with Crippen LogP contribution in [0.3, 0.4) is 0 Å². The van der Waals surface area contributed by atoms with Crippen molar-refractivity contribution in [1.29, 1.82) is 0 Å². The van der Waals surface area contributed by atoms with E-state index in [-0.39, 0.29) is 0 Å². The molecule has 0 radical (unpaired) electrons. The van der Waals surface area contributed by atoms with Crippen LogP contribution in [0.15, 0.2) is 12.3 Å². The molecule has 0 fully saturated rings. The summed E-state index contributed by atoms with van der Waals surface area (Å²) in [5.74, 6) is -1.48. The van der Waals surface area contributed by atoms with E-state index in [1.54, 1.807) is 0 Å². The number of aromatic carboxylic acids is 1. The molecule has 0 bridgehead atoms. The van der Waals surface area contributed by atoms with Gasteiger partial charge in [-0.2, -0.15) is 0 Å². The van der Waals surface area contributed by atoms with E-state index in [1.165, 1.54) is 0 Å². The molecule has 0 aliphatic rings. The molecule has 1 N–H and O–H groups in total. The highest BCUT2D eigenvalue weighted by Gasteiger charge is 2.20. The van der Waals surface area contributed by atoms with Crippen LogP contribution in [0.4, 0.5) is 14.5 Å². The van der Waals surface area contributed by atoms with E-state index in [4.69, 9.17) is 5.11 Å². The molecular formula is C7H6F2N2O4. The lowest BCUT2D eigenvalue weighted by atomic mass is 10.4. The van der Waals surface area contributed by atoms with Gasteiger partial charge in [0.05, 0.1) is 17.7 Å². The van der Waals surface area contributed by atoms with E-state index in [1.807, 2.05) is 0 Å². The Morgan fingerprint density at radius 1 is 1.67 bits per heavy atom. The number of rotatable bonds is 4. The molecule has 15 heavy (non-hydrogen) atoms. The molecule has 0 atom stereocenters. The Morgan fingerprint density at radius 3 is 2.67 bits per heavy atom. The molecule has 0 aliphatic heterocycles. The summed E-state index contributed by atoms with van der Waals surface area (Å²) in [6.45, 7) is -0.879. The van der Waals surface area contributed by atoms with Crippen LogP contribution in [0.1, 0.15) is 10.5 Å². The fourth-order valence-corrected chi connectivity index (χ4v) is 1.07. The zero-order valence-electron chi connectivity index (χ0n) is 7.26. The Hall–Kier alpha value is -1.99. The number of nitro groups is 1. The fourth-order valence-electron chi connectivity index (χ4n) is 1.07. The van der Waals surface area contributed by atoms with Gasteiger partial charge in [0.1, 0.15) is 5.69 Å². The lowest BCUT2D eigenvalue weighted by Gasteiger charge is -2.03. The maximum absolute atomic E-state index is 12.0. The Labute approximate surface area is 81.9 Å². The van der Waals surface area contributed by atoms with Crippen LogP contribution in [0.2, 0.25) is 0 Å². The summed E-state index contributed by atoms with van der Waals surface area (Å²) in [5.41, 5.74) is -1.05. The van der Waals surface area contributed by atoms with E-state index in [2.05, 4.69) is 0 Å².